The summed E-state index contributed by atoms with van der Waals surface area (Å²) in [6.07, 6.45) is 6.04. The summed E-state index contributed by atoms with van der Waals surface area (Å²) in [6.45, 7) is 2.01. The van der Waals surface area contributed by atoms with Gasteiger partial charge in [-0.3, -0.25) is 14.5 Å². The van der Waals surface area contributed by atoms with E-state index in [1.165, 1.54) is 11.1 Å². The molecule has 2 aromatic carbocycles. The molecule has 4 rings (SSSR count). The molecule has 1 fully saturated rings. The Labute approximate surface area is 171 Å². The number of benzene rings is 2. The minimum absolute atomic E-state index is 0.0538. The Bertz CT molecular complexity index is 869. The highest BCUT2D eigenvalue weighted by Gasteiger charge is 2.32. The van der Waals surface area contributed by atoms with Gasteiger partial charge in [0.15, 0.2) is 0 Å². The van der Waals surface area contributed by atoms with Gasteiger partial charge in [0.05, 0.1) is 12.5 Å². The number of carbonyl (C=O) groups is 2. The van der Waals surface area contributed by atoms with Gasteiger partial charge in [0, 0.05) is 25.7 Å². The van der Waals surface area contributed by atoms with Crippen molar-refractivity contribution < 1.29 is 9.59 Å². The van der Waals surface area contributed by atoms with E-state index in [1.54, 1.807) is 0 Å². The molecule has 1 heterocycles. The molecular formula is C24H27N3O2. The predicted molar refractivity (Wildman–Crippen MR) is 114 cm³/mol. The summed E-state index contributed by atoms with van der Waals surface area (Å²) >= 11 is 0. The molecule has 0 bridgehead atoms. The molecule has 2 aliphatic rings. The number of nitrogens with one attached hydrogen (secondary N) is 2. The molecule has 2 amide bonds. The van der Waals surface area contributed by atoms with E-state index < -0.39 is 6.04 Å². The third-order valence-electron chi connectivity index (χ3n) is 5.69. The summed E-state index contributed by atoms with van der Waals surface area (Å²) in [6, 6.07) is 18.1. The molecular weight excluding hydrogens is 362 g/mol. The summed E-state index contributed by atoms with van der Waals surface area (Å²) < 4.78 is 0. The SMILES string of the molecule is O=C(CC1C(=O)NCCN1C/C=C/c1ccccc1)NC1Cc2ccccc2C1. The van der Waals surface area contributed by atoms with Crippen molar-refractivity contribution in [3.63, 3.8) is 0 Å². The normalized spacial score (nSPS) is 19.9. The quantitative estimate of drug-likeness (QED) is 0.796. The van der Waals surface area contributed by atoms with E-state index in [4.69, 9.17) is 0 Å². The van der Waals surface area contributed by atoms with Gasteiger partial charge in [0.1, 0.15) is 0 Å². The summed E-state index contributed by atoms with van der Waals surface area (Å²) in [4.78, 5) is 27.2. The maximum atomic E-state index is 12.7. The van der Waals surface area contributed by atoms with Gasteiger partial charge in [-0.1, -0.05) is 66.7 Å². The number of hydrogen-bond acceptors (Lipinski definition) is 3. The largest absolute Gasteiger partial charge is 0.353 e. The van der Waals surface area contributed by atoms with Crippen molar-refractivity contribution >= 4 is 17.9 Å². The molecule has 1 aliphatic carbocycles. The Morgan fingerprint density at radius 1 is 1.07 bits per heavy atom. The molecule has 29 heavy (non-hydrogen) atoms. The number of nitrogens with zero attached hydrogens (tertiary/aromatic N) is 1. The first kappa shape index (κ1) is 19.4. The van der Waals surface area contributed by atoms with E-state index in [1.807, 2.05) is 42.5 Å². The van der Waals surface area contributed by atoms with E-state index in [2.05, 4.69) is 39.8 Å². The van der Waals surface area contributed by atoms with Gasteiger partial charge >= 0.3 is 0 Å². The van der Waals surface area contributed by atoms with Gasteiger partial charge < -0.3 is 10.6 Å². The molecule has 5 heteroatoms. The Morgan fingerprint density at radius 3 is 2.48 bits per heavy atom. The van der Waals surface area contributed by atoms with Crippen molar-refractivity contribution in [2.75, 3.05) is 19.6 Å². The molecule has 150 valence electrons. The summed E-state index contributed by atoms with van der Waals surface area (Å²) in [5.74, 6) is -0.115. The number of fused-ring (bicyclic) bond motifs is 1. The Kier molecular flexibility index (Phi) is 6.06. The lowest BCUT2D eigenvalue weighted by Gasteiger charge is -2.34. The first-order valence-electron chi connectivity index (χ1n) is 10.3. The highest BCUT2D eigenvalue weighted by Crippen LogP contribution is 2.22. The number of hydrogen-bond donors (Lipinski definition) is 2. The fourth-order valence-electron chi connectivity index (χ4n) is 4.21. The van der Waals surface area contributed by atoms with Gasteiger partial charge in [-0.25, -0.2) is 0 Å². The minimum atomic E-state index is -0.423. The topological polar surface area (TPSA) is 61.4 Å². The maximum absolute atomic E-state index is 12.7. The number of rotatable bonds is 6. The smallest absolute Gasteiger partial charge is 0.237 e. The van der Waals surface area contributed by atoms with E-state index in [9.17, 15) is 9.59 Å². The van der Waals surface area contributed by atoms with Crippen LogP contribution in [0.4, 0.5) is 0 Å². The standard InChI is InChI=1S/C24H27N3O2/c28-23(26-21-15-19-10-4-5-11-20(19)16-21)17-22-24(29)25-12-14-27(22)13-6-9-18-7-2-1-3-8-18/h1-11,21-22H,12-17H2,(H,25,29)(H,26,28)/b9-6+. The zero-order valence-corrected chi connectivity index (χ0v) is 16.5. The Morgan fingerprint density at radius 2 is 1.76 bits per heavy atom. The molecule has 1 aliphatic heterocycles. The van der Waals surface area contributed by atoms with Crippen molar-refractivity contribution in [1.29, 1.82) is 0 Å². The van der Waals surface area contributed by atoms with Crippen LogP contribution in [0.15, 0.2) is 60.7 Å². The fourth-order valence-corrected chi connectivity index (χ4v) is 4.21. The zero-order chi connectivity index (χ0) is 20.1. The van der Waals surface area contributed by atoms with E-state index in [0.29, 0.717) is 13.1 Å². The van der Waals surface area contributed by atoms with Crippen molar-refractivity contribution in [1.82, 2.24) is 15.5 Å². The lowest BCUT2D eigenvalue weighted by atomic mass is 10.1. The number of amides is 2. The zero-order valence-electron chi connectivity index (χ0n) is 16.5. The molecule has 1 unspecified atom stereocenters. The third-order valence-corrected chi connectivity index (χ3v) is 5.69. The van der Waals surface area contributed by atoms with Crippen molar-refractivity contribution in [2.45, 2.75) is 31.3 Å². The fraction of sp³-hybridized carbons (Fsp3) is 0.333. The first-order valence-corrected chi connectivity index (χ1v) is 10.3. The van der Waals surface area contributed by atoms with Gasteiger partial charge in [0.2, 0.25) is 11.8 Å². The molecule has 1 atom stereocenters. The van der Waals surface area contributed by atoms with E-state index in [-0.39, 0.29) is 24.3 Å². The van der Waals surface area contributed by atoms with Crippen LogP contribution in [0.1, 0.15) is 23.1 Å². The van der Waals surface area contributed by atoms with Gasteiger partial charge in [-0.05, 0) is 29.5 Å². The van der Waals surface area contributed by atoms with Crippen LogP contribution in [-0.4, -0.2) is 48.4 Å². The lowest BCUT2D eigenvalue weighted by Crippen LogP contribution is -2.56. The van der Waals surface area contributed by atoms with Crippen LogP contribution in [0.5, 0.6) is 0 Å². The first-order chi connectivity index (χ1) is 14.2. The summed E-state index contributed by atoms with van der Waals surface area (Å²) in [5.41, 5.74) is 3.74. The highest BCUT2D eigenvalue weighted by molar-refractivity contribution is 5.89. The van der Waals surface area contributed by atoms with Crippen molar-refractivity contribution in [3.8, 4) is 0 Å². The van der Waals surface area contributed by atoms with Gasteiger partial charge in [-0.15, -0.1) is 0 Å². The van der Waals surface area contributed by atoms with Gasteiger partial charge in [-0.2, -0.15) is 0 Å². The molecule has 2 N–H and O–H groups in total. The minimum Gasteiger partial charge on any atom is -0.353 e. The van der Waals surface area contributed by atoms with Crippen molar-refractivity contribution in [3.05, 3.63) is 77.4 Å². The summed E-state index contributed by atoms with van der Waals surface area (Å²) in [7, 11) is 0. The summed E-state index contributed by atoms with van der Waals surface area (Å²) in [5, 5.41) is 6.03. The van der Waals surface area contributed by atoms with Crippen LogP contribution in [0.2, 0.25) is 0 Å². The average molecular weight is 389 g/mol. The lowest BCUT2D eigenvalue weighted by molar-refractivity contribution is -0.133. The van der Waals surface area contributed by atoms with Crippen LogP contribution in [-0.2, 0) is 22.4 Å². The highest BCUT2D eigenvalue weighted by atomic mass is 16.2. The molecule has 0 aromatic heterocycles. The predicted octanol–water partition coefficient (Wildman–Crippen LogP) is 2.17. The van der Waals surface area contributed by atoms with Gasteiger partial charge in [0.25, 0.3) is 0 Å². The van der Waals surface area contributed by atoms with E-state index in [0.717, 1.165) is 24.9 Å². The average Bonchev–Trinajstić information content (AvgIpc) is 3.13. The second-order valence-electron chi connectivity index (χ2n) is 7.76. The second kappa shape index (κ2) is 9.05. The molecule has 0 radical (unpaired) electrons. The maximum Gasteiger partial charge on any atom is 0.237 e. The molecule has 2 aromatic rings. The van der Waals surface area contributed by atoms with Crippen LogP contribution in [0.3, 0.4) is 0 Å². The molecule has 0 saturated carbocycles. The molecule has 1 saturated heterocycles. The third kappa shape index (κ3) is 4.93. The van der Waals surface area contributed by atoms with Crippen LogP contribution < -0.4 is 10.6 Å². The van der Waals surface area contributed by atoms with Crippen LogP contribution in [0, 0.1) is 0 Å². The Balaban J connectivity index is 1.33. The van der Waals surface area contributed by atoms with E-state index >= 15 is 0 Å². The van der Waals surface area contributed by atoms with Crippen molar-refractivity contribution in [2.24, 2.45) is 0 Å². The molecule has 5 nitrogen and oxygen atoms in total. The van der Waals surface area contributed by atoms with Crippen LogP contribution >= 0.6 is 0 Å². The second-order valence-corrected chi connectivity index (χ2v) is 7.76. The molecule has 0 spiro atoms. The monoisotopic (exact) mass is 389 g/mol. The number of piperazine rings is 1. The van der Waals surface area contributed by atoms with Crippen LogP contribution in [0.25, 0.3) is 6.08 Å². The Hall–Kier alpha value is -2.92. The number of carbonyl (C=O) groups excluding carboxylic acids is 2.